The van der Waals surface area contributed by atoms with Gasteiger partial charge in [-0.15, -0.1) is 0 Å². The summed E-state index contributed by atoms with van der Waals surface area (Å²) in [5.74, 6) is 1.13. The van der Waals surface area contributed by atoms with Gasteiger partial charge in [-0.3, -0.25) is 4.79 Å². The van der Waals surface area contributed by atoms with E-state index in [0.717, 1.165) is 17.9 Å². The second-order valence-corrected chi connectivity index (χ2v) is 7.36. The van der Waals surface area contributed by atoms with Crippen LogP contribution in [0.1, 0.15) is 57.9 Å². The van der Waals surface area contributed by atoms with Crippen LogP contribution in [-0.2, 0) is 11.3 Å². The zero-order valence-corrected chi connectivity index (χ0v) is 15.0. The van der Waals surface area contributed by atoms with Crippen molar-refractivity contribution < 1.29 is 14.6 Å². The van der Waals surface area contributed by atoms with Gasteiger partial charge in [0.05, 0.1) is 6.61 Å². The Morgan fingerprint density at radius 3 is 2.71 bits per heavy atom. The lowest BCUT2D eigenvalue weighted by molar-refractivity contribution is -0.140. The normalized spacial score (nSPS) is 17.0. The Morgan fingerprint density at radius 2 is 2.04 bits per heavy atom. The molecule has 1 aromatic carbocycles. The van der Waals surface area contributed by atoms with Gasteiger partial charge in [0.15, 0.2) is 0 Å². The van der Waals surface area contributed by atoms with Crippen LogP contribution in [0.5, 0.6) is 5.75 Å². The third kappa shape index (κ3) is 6.52. The van der Waals surface area contributed by atoms with Crippen molar-refractivity contribution in [2.24, 2.45) is 11.8 Å². The summed E-state index contributed by atoms with van der Waals surface area (Å²) in [4.78, 5) is 11.3. The topological polar surface area (TPSA) is 58.6 Å². The first-order valence-corrected chi connectivity index (χ1v) is 9.22. The van der Waals surface area contributed by atoms with E-state index in [4.69, 9.17) is 4.74 Å². The van der Waals surface area contributed by atoms with Crippen LogP contribution in [-0.4, -0.2) is 23.7 Å². The summed E-state index contributed by atoms with van der Waals surface area (Å²) in [5, 5.41) is 12.4. The Bertz CT molecular complexity index is 509. The lowest BCUT2D eigenvalue weighted by atomic mass is 9.90. The molecule has 0 aromatic heterocycles. The summed E-state index contributed by atoms with van der Waals surface area (Å²) in [5.41, 5.74) is 1.06. The zero-order chi connectivity index (χ0) is 17.4. The van der Waals surface area contributed by atoms with Crippen molar-refractivity contribution in [3.8, 4) is 5.75 Å². The first-order chi connectivity index (χ1) is 11.5. The van der Waals surface area contributed by atoms with Crippen LogP contribution in [0.25, 0.3) is 0 Å². The Morgan fingerprint density at radius 1 is 1.29 bits per heavy atom. The highest BCUT2D eigenvalue weighted by atomic mass is 16.5. The number of carboxylic acid groups (broad SMARTS) is 1. The Hall–Kier alpha value is -1.55. The zero-order valence-electron chi connectivity index (χ0n) is 15.0. The fourth-order valence-corrected chi connectivity index (χ4v) is 3.30. The summed E-state index contributed by atoms with van der Waals surface area (Å²) >= 11 is 0. The van der Waals surface area contributed by atoms with E-state index in [1.165, 1.54) is 32.1 Å². The van der Waals surface area contributed by atoms with Gasteiger partial charge in [0.2, 0.25) is 0 Å². The molecule has 1 atom stereocenters. The minimum absolute atomic E-state index is 0.351. The first-order valence-electron chi connectivity index (χ1n) is 9.22. The summed E-state index contributed by atoms with van der Waals surface area (Å²) in [6.45, 7) is 5.42. The maximum atomic E-state index is 11.3. The molecule has 24 heavy (non-hydrogen) atoms. The molecule has 0 saturated heterocycles. The van der Waals surface area contributed by atoms with Gasteiger partial charge in [0.25, 0.3) is 0 Å². The Labute approximate surface area is 145 Å². The van der Waals surface area contributed by atoms with Gasteiger partial charge >= 0.3 is 5.97 Å². The number of hydrogen-bond donors (Lipinski definition) is 2. The van der Waals surface area contributed by atoms with Crippen molar-refractivity contribution in [1.82, 2.24) is 5.32 Å². The average Bonchev–Trinajstić information content (AvgIpc) is 2.57. The standard InChI is InChI=1S/C20H31NO3/c1-15(2)11-19(20(22)23)21-13-17-9-6-10-18(12-17)24-14-16-7-4-3-5-8-16/h6,9-10,12,15-16,19,21H,3-5,7-8,11,13-14H2,1-2H3,(H,22,23). The van der Waals surface area contributed by atoms with Gasteiger partial charge in [-0.1, -0.05) is 45.2 Å². The molecule has 2 N–H and O–H groups in total. The molecule has 2 rings (SSSR count). The molecule has 1 aliphatic carbocycles. The fourth-order valence-electron chi connectivity index (χ4n) is 3.30. The number of benzene rings is 1. The predicted molar refractivity (Wildman–Crippen MR) is 96.2 cm³/mol. The van der Waals surface area contributed by atoms with Crippen molar-refractivity contribution in [3.05, 3.63) is 29.8 Å². The molecule has 0 amide bonds. The monoisotopic (exact) mass is 333 g/mol. The van der Waals surface area contributed by atoms with Crippen molar-refractivity contribution in [3.63, 3.8) is 0 Å². The largest absolute Gasteiger partial charge is 0.493 e. The van der Waals surface area contributed by atoms with Gasteiger partial charge in [-0.2, -0.15) is 0 Å². The first kappa shape index (κ1) is 18.8. The summed E-state index contributed by atoms with van der Waals surface area (Å²) in [7, 11) is 0. The fraction of sp³-hybridized carbons (Fsp3) is 0.650. The number of hydrogen-bond acceptors (Lipinski definition) is 3. The third-order valence-corrected chi connectivity index (χ3v) is 4.67. The van der Waals surface area contributed by atoms with E-state index in [1.54, 1.807) is 0 Å². The molecule has 134 valence electrons. The van der Waals surface area contributed by atoms with Gasteiger partial charge in [0, 0.05) is 6.54 Å². The summed E-state index contributed by atoms with van der Waals surface area (Å²) in [6, 6.07) is 7.48. The van der Waals surface area contributed by atoms with E-state index in [-0.39, 0.29) is 0 Å². The minimum Gasteiger partial charge on any atom is -0.493 e. The highest BCUT2D eigenvalue weighted by Crippen LogP contribution is 2.25. The molecule has 0 aliphatic heterocycles. The average molecular weight is 333 g/mol. The van der Waals surface area contributed by atoms with Crippen molar-refractivity contribution in [2.45, 2.75) is 65.0 Å². The summed E-state index contributed by atoms with van der Waals surface area (Å²) < 4.78 is 5.96. The predicted octanol–water partition coefficient (Wildman–Crippen LogP) is 4.23. The van der Waals surface area contributed by atoms with Crippen molar-refractivity contribution >= 4 is 5.97 Å². The molecule has 1 fully saturated rings. The van der Waals surface area contributed by atoms with Crippen LogP contribution >= 0.6 is 0 Å². The number of carboxylic acids is 1. The lowest BCUT2D eigenvalue weighted by Crippen LogP contribution is -2.37. The molecule has 1 unspecified atom stereocenters. The van der Waals surface area contributed by atoms with Gasteiger partial charge in [-0.25, -0.2) is 0 Å². The van der Waals surface area contributed by atoms with Crippen LogP contribution in [0.4, 0.5) is 0 Å². The van der Waals surface area contributed by atoms with Crippen molar-refractivity contribution in [2.75, 3.05) is 6.61 Å². The van der Waals surface area contributed by atoms with Gasteiger partial charge in [-0.05, 0) is 48.8 Å². The number of rotatable bonds is 9. The second kappa shape index (κ2) is 9.67. The van der Waals surface area contributed by atoms with E-state index in [2.05, 4.69) is 5.32 Å². The molecule has 1 saturated carbocycles. The summed E-state index contributed by atoms with van der Waals surface area (Å²) in [6.07, 6.45) is 7.19. The van der Waals surface area contributed by atoms with Gasteiger partial charge in [0.1, 0.15) is 11.8 Å². The van der Waals surface area contributed by atoms with Crippen molar-refractivity contribution in [1.29, 1.82) is 0 Å². The molecule has 0 spiro atoms. The van der Waals surface area contributed by atoms with Crippen LogP contribution in [0.3, 0.4) is 0 Å². The van der Waals surface area contributed by atoms with E-state index >= 15 is 0 Å². The van der Waals surface area contributed by atoms with Crippen LogP contribution in [0, 0.1) is 11.8 Å². The Kier molecular flexibility index (Phi) is 7.57. The van der Waals surface area contributed by atoms with Crippen LogP contribution in [0.2, 0.25) is 0 Å². The Balaban J connectivity index is 1.83. The molecule has 1 aliphatic rings. The maximum Gasteiger partial charge on any atom is 0.320 e. The number of ether oxygens (including phenoxy) is 1. The SMILES string of the molecule is CC(C)CC(NCc1cccc(OCC2CCCCC2)c1)C(=O)O. The number of carbonyl (C=O) groups is 1. The molecular weight excluding hydrogens is 302 g/mol. The number of aliphatic carboxylic acids is 1. The van der Waals surface area contributed by atoms with E-state index in [0.29, 0.717) is 24.8 Å². The highest BCUT2D eigenvalue weighted by Gasteiger charge is 2.18. The third-order valence-electron chi connectivity index (χ3n) is 4.67. The van der Waals surface area contributed by atoms with Crippen LogP contribution in [0.15, 0.2) is 24.3 Å². The molecule has 0 radical (unpaired) electrons. The minimum atomic E-state index is -0.784. The molecule has 1 aromatic rings. The lowest BCUT2D eigenvalue weighted by Gasteiger charge is -2.22. The van der Waals surface area contributed by atoms with E-state index in [9.17, 15) is 9.90 Å². The molecule has 0 heterocycles. The number of nitrogens with one attached hydrogen (secondary N) is 1. The van der Waals surface area contributed by atoms with E-state index in [1.807, 2.05) is 38.1 Å². The highest BCUT2D eigenvalue weighted by molar-refractivity contribution is 5.73. The maximum absolute atomic E-state index is 11.3. The van der Waals surface area contributed by atoms with Crippen LogP contribution < -0.4 is 10.1 Å². The second-order valence-electron chi connectivity index (χ2n) is 7.36. The molecule has 4 nitrogen and oxygen atoms in total. The van der Waals surface area contributed by atoms with Gasteiger partial charge < -0.3 is 15.2 Å². The molecular formula is C20H31NO3. The smallest absolute Gasteiger partial charge is 0.320 e. The van der Waals surface area contributed by atoms with E-state index < -0.39 is 12.0 Å². The molecule has 0 bridgehead atoms. The molecule has 4 heteroatoms. The quantitative estimate of drug-likeness (QED) is 0.710.